The van der Waals surface area contributed by atoms with E-state index in [1.165, 1.54) is 37.8 Å². The van der Waals surface area contributed by atoms with E-state index in [4.69, 9.17) is 0 Å². The Hall–Kier alpha value is -1.72. The maximum absolute atomic E-state index is 12.7. The van der Waals surface area contributed by atoms with Gasteiger partial charge in [0.05, 0.1) is 5.56 Å². The van der Waals surface area contributed by atoms with Crippen molar-refractivity contribution in [1.29, 1.82) is 0 Å². The van der Waals surface area contributed by atoms with Crippen LogP contribution in [0, 0.1) is 11.8 Å². The third-order valence-corrected chi connectivity index (χ3v) is 6.09. The molecule has 3 rings (SSSR count). The topological polar surface area (TPSA) is 23.6 Å². The number of piperazine rings is 1. The molecule has 1 aliphatic carbocycles. The van der Waals surface area contributed by atoms with Gasteiger partial charge in [0.2, 0.25) is 5.91 Å². The van der Waals surface area contributed by atoms with E-state index in [2.05, 4.69) is 6.92 Å². The van der Waals surface area contributed by atoms with Crippen molar-refractivity contribution in [3.8, 4) is 0 Å². The Kier molecular flexibility index (Phi) is 6.33. The fraction of sp³-hybridized carbons (Fsp3) is 0.667. The van der Waals surface area contributed by atoms with Crippen molar-refractivity contribution in [1.82, 2.24) is 4.90 Å². The minimum atomic E-state index is -4.31. The largest absolute Gasteiger partial charge is 0.416 e. The van der Waals surface area contributed by atoms with Crippen molar-refractivity contribution in [3.63, 3.8) is 0 Å². The van der Waals surface area contributed by atoms with Gasteiger partial charge in [-0.15, -0.1) is 0 Å². The molecule has 0 unspecified atom stereocenters. The van der Waals surface area contributed by atoms with Gasteiger partial charge in [0.1, 0.15) is 0 Å². The molecule has 1 heterocycles. The molecule has 1 aromatic rings. The molecule has 0 N–H and O–H groups in total. The molecule has 0 spiro atoms. The van der Waals surface area contributed by atoms with Crippen molar-refractivity contribution in [3.05, 3.63) is 29.8 Å². The highest BCUT2D eigenvalue weighted by Crippen LogP contribution is 2.32. The molecule has 6 heteroatoms. The van der Waals surface area contributed by atoms with Gasteiger partial charge in [-0.05, 0) is 42.5 Å². The summed E-state index contributed by atoms with van der Waals surface area (Å²) >= 11 is 0. The minimum absolute atomic E-state index is 0.223. The number of anilines is 1. The number of carbonyl (C=O) groups is 1. The maximum atomic E-state index is 12.7. The number of alkyl halides is 3. The number of amides is 1. The van der Waals surface area contributed by atoms with Crippen LogP contribution in [0.15, 0.2) is 24.3 Å². The molecule has 2 fully saturated rings. The normalized spacial score (nSPS) is 24.1. The second-order valence-corrected chi connectivity index (χ2v) is 8.08. The highest BCUT2D eigenvalue weighted by molar-refractivity contribution is 5.76. The molecule has 0 atom stereocenters. The molecule has 27 heavy (non-hydrogen) atoms. The van der Waals surface area contributed by atoms with Gasteiger partial charge in [0, 0.05) is 38.3 Å². The van der Waals surface area contributed by atoms with E-state index in [0.717, 1.165) is 30.2 Å². The number of carbonyl (C=O) groups excluding carboxylic acids is 1. The molecule has 0 aromatic heterocycles. The molecular weight excluding hydrogens is 353 g/mol. The highest BCUT2D eigenvalue weighted by atomic mass is 19.4. The summed E-state index contributed by atoms with van der Waals surface area (Å²) in [6, 6.07) is 5.28. The monoisotopic (exact) mass is 382 g/mol. The Morgan fingerprint density at radius 1 is 1.00 bits per heavy atom. The van der Waals surface area contributed by atoms with Gasteiger partial charge in [-0.1, -0.05) is 32.6 Å². The lowest BCUT2D eigenvalue weighted by Crippen LogP contribution is -2.48. The van der Waals surface area contributed by atoms with E-state index in [9.17, 15) is 18.0 Å². The van der Waals surface area contributed by atoms with Crippen molar-refractivity contribution in [2.24, 2.45) is 11.8 Å². The van der Waals surface area contributed by atoms with E-state index < -0.39 is 11.7 Å². The van der Waals surface area contributed by atoms with Crippen LogP contribution in [0.25, 0.3) is 0 Å². The zero-order valence-electron chi connectivity index (χ0n) is 16.0. The lowest BCUT2D eigenvalue weighted by molar-refractivity contribution is -0.137. The number of halogens is 3. The molecule has 0 bridgehead atoms. The van der Waals surface area contributed by atoms with Crippen LogP contribution < -0.4 is 4.90 Å². The molecule has 1 aliphatic heterocycles. The van der Waals surface area contributed by atoms with Gasteiger partial charge in [0.15, 0.2) is 0 Å². The van der Waals surface area contributed by atoms with Crippen molar-refractivity contribution in [2.75, 3.05) is 31.1 Å². The Balaban J connectivity index is 1.43. The second kappa shape index (κ2) is 8.53. The number of benzene rings is 1. The van der Waals surface area contributed by atoms with Gasteiger partial charge in [-0.2, -0.15) is 13.2 Å². The number of hydrogen-bond acceptors (Lipinski definition) is 2. The maximum Gasteiger partial charge on any atom is 0.416 e. The lowest BCUT2D eigenvalue weighted by Gasteiger charge is -2.36. The summed E-state index contributed by atoms with van der Waals surface area (Å²) in [6.45, 7) is 4.91. The van der Waals surface area contributed by atoms with Crippen molar-refractivity contribution < 1.29 is 18.0 Å². The fourth-order valence-electron chi connectivity index (χ4n) is 4.18. The molecule has 3 nitrogen and oxygen atoms in total. The zero-order chi connectivity index (χ0) is 19.4. The van der Waals surface area contributed by atoms with Crippen LogP contribution in [0.5, 0.6) is 0 Å². The summed E-state index contributed by atoms with van der Waals surface area (Å²) in [5.74, 6) is 1.74. The second-order valence-electron chi connectivity index (χ2n) is 8.08. The standard InChI is InChI=1S/C21H29F3N2O/c1-16-2-4-17(5-3-16)6-11-20(27)26-14-12-25(13-15-26)19-9-7-18(8-10-19)21(22,23)24/h7-10,16-17H,2-6,11-15H2,1H3. The first kappa shape index (κ1) is 20.0. The lowest BCUT2D eigenvalue weighted by atomic mass is 9.81. The van der Waals surface area contributed by atoms with Crippen LogP contribution in [0.4, 0.5) is 18.9 Å². The predicted molar refractivity (Wildman–Crippen MR) is 101 cm³/mol. The summed E-state index contributed by atoms with van der Waals surface area (Å²) in [5, 5.41) is 0. The minimum Gasteiger partial charge on any atom is -0.368 e. The number of hydrogen-bond donors (Lipinski definition) is 0. The number of nitrogens with zero attached hydrogens (tertiary/aromatic N) is 2. The van der Waals surface area contributed by atoms with E-state index >= 15 is 0 Å². The van der Waals surface area contributed by atoms with Gasteiger partial charge in [0.25, 0.3) is 0 Å². The van der Waals surface area contributed by atoms with Crippen molar-refractivity contribution >= 4 is 11.6 Å². The Bertz CT molecular complexity index is 613. The summed E-state index contributed by atoms with van der Waals surface area (Å²) < 4.78 is 38.0. The van der Waals surface area contributed by atoms with E-state index in [0.29, 0.717) is 38.5 Å². The van der Waals surface area contributed by atoms with Crippen LogP contribution in [0.1, 0.15) is 51.0 Å². The predicted octanol–water partition coefficient (Wildman–Crippen LogP) is 4.96. The van der Waals surface area contributed by atoms with Crippen LogP contribution in [0.3, 0.4) is 0 Å². The average Bonchev–Trinajstić information content (AvgIpc) is 2.67. The van der Waals surface area contributed by atoms with Crippen molar-refractivity contribution in [2.45, 2.75) is 51.6 Å². The summed E-state index contributed by atoms with van der Waals surface area (Å²) in [5.41, 5.74) is 0.156. The molecule has 0 radical (unpaired) electrons. The molecule has 1 saturated heterocycles. The zero-order valence-corrected chi connectivity index (χ0v) is 16.0. The Morgan fingerprint density at radius 3 is 2.15 bits per heavy atom. The third-order valence-electron chi connectivity index (χ3n) is 6.09. The Labute approximate surface area is 159 Å². The molecule has 1 aromatic carbocycles. The van der Waals surface area contributed by atoms with E-state index in [1.807, 2.05) is 9.80 Å². The van der Waals surface area contributed by atoms with Gasteiger partial charge in [-0.3, -0.25) is 4.79 Å². The van der Waals surface area contributed by atoms with Crippen LogP contribution in [0.2, 0.25) is 0 Å². The average molecular weight is 382 g/mol. The van der Waals surface area contributed by atoms with Gasteiger partial charge in [-0.25, -0.2) is 0 Å². The fourth-order valence-corrected chi connectivity index (χ4v) is 4.18. The molecule has 1 saturated carbocycles. The quantitative estimate of drug-likeness (QED) is 0.735. The molecule has 2 aliphatic rings. The highest BCUT2D eigenvalue weighted by Gasteiger charge is 2.30. The summed E-state index contributed by atoms with van der Waals surface area (Å²) in [7, 11) is 0. The third kappa shape index (κ3) is 5.39. The molecular formula is C21H29F3N2O. The van der Waals surface area contributed by atoms with Gasteiger partial charge < -0.3 is 9.80 Å². The van der Waals surface area contributed by atoms with E-state index in [-0.39, 0.29) is 5.91 Å². The van der Waals surface area contributed by atoms with Gasteiger partial charge >= 0.3 is 6.18 Å². The van der Waals surface area contributed by atoms with Crippen LogP contribution in [-0.4, -0.2) is 37.0 Å². The number of rotatable bonds is 4. The smallest absolute Gasteiger partial charge is 0.368 e. The summed E-state index contributed by atoms with van der Waals surface area (Å²) in [6.07, 6.45) is 2.37. The molecule has 150 valence electrons. The first-order chi connectivity index (χ1) is 12.8. The molecule has 1 amide bonds. The SMILES string of the molecule is CC1CCC(CCC(=O)N2CCN(c3ccc(C(F)(F)F)cc3)CC2)CC1. The first-order valence-corrected chi connectivity index (χ1v) is 10.0. The Morgan fingerprint density at radius 2 is 1.59 bits per heavy atom. The van der Waals surface area contributed by atoms with Crippen LogP contribution >= 0.6 is 0 Å². The van der Waals surface area contributed by atoms with Crippen LogP contribution in [-0.2, 0) is 11.0 Å². The van der Waals surface area contributed by atoms with E-state index in [1.54, 1.807) is 0 Å². The summed E-state index contributed by atoms with van der Waals surface area (Å²) in [4.78, 5) is 16.4. The first-order valence-electron chi connectivity index (χ1n) is 10.0.